The Bertz CT molecular complexity index is 325. The molecule has 18 heavy (non-hydrogen) atoms. The number of hydrogen-bond donors (Lipinski definition) is 0. The van der Waals surface area contributed by atoms with Crippen molar-refractivity contribution in [2.24, 2.45) is 0 Å². The highest BCUT2D eigenvalue weighted by Gasteiger charge is 2.12. The van der Waals surface area contributed by atoms with Crippen molar-refractivity contribution >= 4 is 27.5 Å². The topological polar surface area (TPSA) is 0 Å². The summed E-state index contributed by atoms with van der Waals surface area (Å²) < 4.78 is 0. The molecule has 1 unspecified atom stereocenters. The second-order valence-corrected chi connectivity index (χ2v) is 5.98. The third-order valence-corrected chi connectivity index (χ3v) is 4.56. The highest BCUT2D eigenvalue weighted by atomic mass is 79.9. The van der Waals surface area contributed by atoms with E-state index in [9.17, 15) is 0 Å². The molecule has 1 atom stereocenters. The van der Waals surface area contributed by atoms with E-state index in [1.54, 1.807) is 0 Å². The van der Waals surface area contributed by atoms with Gasteiger partial charge in [-0.25, -0.2) is 0 Å². The van der Waals surface area contributed by atoms with Gasteiger partial charge in [0.2, 0.25) is 0 Å². The van der Waals surface area contributed by atoms with E-state index < -0.39 is 0 Å². The van der Waals surface area contributed by atoms with Crippen molar-refractivity contribution in [3.63, 3.8) is 0 Å². The second-order valence-electron chi connectivity index (χ2n) is 4.93. The van der Waals surface area contributed by atoms with Crippen LogP contribution in [0.1, 0.15) is 63.4 Å². The summed E-state index contributed by atoms with van der Waals surface area (Å²) in [5.41, 5.74) is 1.30. The molecular formula is C16H24BrCl. The summed E-state index contributed by atoms with van der Waals surface area (Å²) in [5.74, 6) is 0.560. The molecule has 0 aromatic heterocycles. The molecule has 102 valence electrons. The molecule has 0 N–H and O–H groups in total. The summed E-state index contributed by atoms with van der Waals surface area (Å²) in [4.78, 5) is 0. The Morgan fingerprint density at radius 3 is 2.39 bits per heavy atom. The van der Waals surface area contributed by atoms with E-state index in [4.69, 9.17) is 11.6 Å². The number of halogens is 2. The van der Waals surface area contributed by atoms with Crippen LogP contribution in [0, 0.1) is 0 Å². The molecule has 0 aliphatic rings. The molecule has 0 bridgehead atoms. The molecule has 0 saturated carbocycles. The van der Waals surface area contributed by atoms with Gasteiger partial charge in [-0.05, 0) is 24.0 Å². The van der Waals surface area contributed by atoms with Crippen LogP contribution in [-0.2, 0) is 0 Å². The van der Waals surface area contributed by atoms with Crippen molar-refractivity contribution in [2.75, 3.05) is 5.33 Å². The van der Waals surface area contributed by atoms with E-state index in [1.807, 2.05) is 12.1 Å². The first kappa shape index (κ1) is 16.0. The molecule has 1 aromatic carbocycles. The SMILES string of the molecule is CCCCCCCCC(CBr)c1ccccc1Cl. The molecule has 0 aliphatic heterocycles. The minimum atomic E-state index is 0.560. The second kappa shape index (κ2) is 9.86. The van der Waals surface area contributed by atoms with Crippen LogP contribution in [0.15, 0.2) is 24.3 Å². The van der Waals surface area contributed by atoms with Gasteiger partial charge in [-0.3, -0.25) is 0 Å². The van der Waals surface area contributed by atoms with E-state index in [0.717, 1.165) is 10.4 Å². The summed E-state index contributed by atoms with van der Waals surface area (Å²) in [5, 5.41) is 1.92. The van der Waals surface area contributed by atoms with Crippen LogP contribution < -0.4 is 0 Å². The molecule has 0 heterocycles. The zero-order valence-electron chi connectivity index (χ0n) is 11.3. The number of unbranched alkanes of at least 4 members (excludes halogenated alkanes) is 5. The molecule has 0 aliphatic carbocycles. The molecule has 0 amide bonds. The van der Waals surface area contributed by atoms with Gasteiger partial charge in [0.1, 0.15) is 0 Å². The number of hydrogen-bond acceptors (Lipinski definition) is 0. The standard InChI is InChI=1S/C16H24BrCl/c1-2-3-4-5-6-7-10-14(13-17)15-11-8-9-12-16(15)18/h8-9,11-12,14H,2-7,10,13H2,1H3. The predicted molar refractivity (Wildman–Crippen MR) is 86.0 cm³/mol. The number of rotatable bonds is 9. The van der Waals surface area contributed by atoms with Gasteiger partial charge in [-0.2, -0.15) is 0 Å². The van der Waals surface area contributed by atoms with Crippen LogP contribution in [0.2, 0.25) is 5.02 Å². The zero-order valence-corrected chi connectivity index (χ0v) is 13.6. The van der Waals surface area contributed by atoms with E-state index in [1.165, 1.54) is 50.5 Å². The molecule has 0 nitrogen and oxygen atoms in total. The minimum absolute atomic E-state index is 0.560. The van der Waals surface area contributed by atoms with Crippen molar-refractivity contribution < 1.29 is 0 Å². The molecule has 2 heteroatoms. The average Bonchev–Trinajstić information content (AvgIpc) is 2.39. The first-order valence-electron chi connectivity index (χ1n) is 7.10. The van der Waals surface area contributed by atoms with Gasteiger partial charge < -0.3 is 0 Å². The van der Waals surface area contributed by atoms with Crippen LogP contribution in [0.3, 0.4) is 0 Å². The highest BCUT2D eigenvalue weighted by molar-refractivity contribution is 9.09. The van der Waals surface area contributed by atoms with E-state index in [-0.39, 0.29) is 0 Å². The lowest BCUT2D eigenvalue weighted by atomic mass is 9.94. The summed E-state index contributed by atoms with van der Waals surface area (Å²) >= 11 is 9.88. The lowest BCUT2D eigenvalue weighted by Crippen LogP contribution is -2.01. The van der Waals surface area contributed by atoms with Crippen LogP contribution in [0.25, 0.3) is 0 Å². The average molecular weight is 332 g/mol. The molecule has 0 fully saturated rings. The molecule has 0 saturated heterocycles. The maximum atomic E-state index is 6.26. The van der Waals surface area contributed by atoms with E-state index >= 15 is 0 Å². The first-order valence-corrected chi connectivity index (χ1v) is 8.60. The minimum Gasteiger partial charge on any atom is -0.0921 e. The Hall–Kier alpha value is -0.0100. The molecule has 1 rings (SSSR count). The third kappa shape index (κ3) is 5.75. The summed E-state index contributed by atoms with van der Waals surface area (Å²) in [6.07, 6.45) is 9.38. The lowest BCUT2D eigenvalue weighted by molar-refractivity contribution is 0.561. The van der Waals surface area contributed by atoms with E-state index in [0.29, 0.717) is 5.92 Å². The largest absolute Gasteiger partial charge is 0.0921 e. The normalized spacial score (nSPS) is 12.6. The smallest absolute Gasteiger partial charge is 0.0441 e. The maximum absolute atomic E-state index is 6.26. The van der Waals surface area contributed by atoms with Crippen molar-refractivity contribution in [1.82, 2.24) is 0 Å². The Morgan fingerprint density at radius 2 is 1.72 bits per heavy atom. The Kier molecular flexibility index (Phi) is 8.79. The fraction of sp³-hybridized carbons (Fsp3) is 0.625. The van der Waals surface area contributed by atoms with Crippen LogP contribution >= 0.6 is 27.5 Å². The van der Waals surface area contributed by atoms with Gasteiger partial charge in [0.05, 0.1) is 0 Å². The molecular weight excluding hydrogens is 308 g/mol. The molecule has 1 aromatic rings. The van der Waals surface area contributed by atoms with Crippen molar-refractivity contribution in [1.29, 1.82) is 0 Å². The Morgan fingerprint density at radius 1 is 1.06 bits per heavy atom. The van der Waals surface area contributed by atoms with Crippen molar-refractivity contribution in [3.8, 4) is 0 Å². The van der Waals surface area contributed by atoms with Crippen LogP contribution in [-0.4, -0.2) is 5.33 Å². The summed E-state index contributed by atoms with van der Waals surface area (Å²) in [6, 6.07) is 8.24. The zero-order chi connectivity index (χ0) is 13.2. The molecule has 0 radical (unpaired) electrons. The summed E-state index contributed by atoms with van der Waals surface area (Å²) in [7, 11) is 0. The van der Waals surface area contributed by atoms with Crippen LogP contribution in [0.4, 0.5) is 0 Å². The highest BCUT2D eigenvalue weighted by Crippen LogP contribution is 2.30. The van der Waals surface area contributed by atoms with Crippen molar-refractivity contribution in [3.05, 3.63) is 34.9 Å². The fourth-order valence-corrected chi connectivity index (χ4v) is 3.26. The van der Waals surface area contributed by atoms with Gasteiger partial charge >= 0.3 is 0 Å². The van der Waals surface area contributed by atoms with Gasteiger partial charge in [-0.15, -0.1) is 0 Å². The maximum Gasteiger partial charge on any atom is 0.0441 e. The van der Waals surface area contributed by atoms with Gasteiger partial charge in [0, 0.05) is 10.4 Å². The van der Waals surface area contributed by atoms with Crippen molar-refractivity contribution in [2.45, 2.75) is 57.8 Å². The Balaban J connectivity index is 2.32. The van der Waals surface area contributed by atoms with E-state index in [2.05, 4.69) is 35.0 Å². The summed E-state index contributed by atoms with van der Waals surface area (Å²) in [6.45, 7) is 2.26. The van der Waals surface area contributed by atoms with Gasteiger partial charge in [0.15, 0.2) is 0 Å². The monoisotopic (exact) mass is 330 g/mol. The van der Waals surface area contributed by atoms with Gasteiger partial charge in [0.25, 0.3) is 0 Å². The number of alkyl halides is 1. The quantitative estimate of drug-likeness (QED) is 0.354. The first-order chi connectivity index (χ1) is 8.79. The van der Waals surface area contributed by atoms with Gasteiger partial charge in [-0.1, -0.05) is 91.2 Å². The molecule has 0 spiro atoms. The van der Waals surface area contributed by atoms with Crippen LogP contribution in [0.5, 0.6) is 0 Å². The third-order valence-electron chi connectivity index (χ3n) is 3.44. The predicted octanol–water partition coefficient (Wildman–Crippen LogP) is 6.57. The fourth-order valence-electron chi connectivity index (χ4n) is 2.29. The Labute approximate surface area is 125 Å². The number of benzene rings is 1. The lowest BCUT2D eigenvalue weighted by Gasteiger charge is -2.15.